The average molecular weight is 182 g/mol. The predicted molar refractivity (Wildman–Crippen MR) is 52.1 cm³/mol. The lowest BCUT2D eigenvalue weighted by atomic mass is 10.00. The van der Waals surface area contributed by atoms with Gasteiger partial charge in [-0.15, -0.1) is 5.10 Å². The normalized spacial score (nSPS) is 13.6. The van der Waals surface area contributed by atoms with Crippen molar-refractivity contribution in [2.45, 2.75) is 32.7 Å². The van der Waals surface area contributed by atoms with E-state index in [1.165, 1.54) is 0 Å². The molecule has 0 amide bonds. The first-order valence-corrected chi connectivity index (χ1v) is 4.70. The summed E-state index contributed by atoms with van der Waals surface area (Å²) in [6.07, 6.45) is 3.84. The first-order valence-electron chi connectivity index (χ1n) is 4.70. The molecule has 1 rings (SSSR count). The smallest absolute Gasteiger partial charge is 0.0827 e. The molecule has 0 aliphatic carbocycles. The summed E-state index contributed by atoms with van der Waals surface area (Å²) in [6, 6.07) is 0.266. The first kappa shape index (κ1) is 10.2. The van der Waals surface area contributed by atoms with Gasteiger partial charge in [-0.3, -0.25) is 4.68 Å². The molecule has 0 aromatic carbocycles. The topological polar surface area (TPSA) is 56.7 Å². The molecule has 1 unspecified atom stereocenters. The van der Waals surface area contributed by atoms with Gasteiger partial charge in [0.2, 0.25) is 0 Å². The van der Waals surface area contributed by atoms with Crippen LogP contribution in [0.4, 0.5) is 0 Å². The molecule has 0 aliphatic heterocycles. The molecule has 4 nitrogen and oxygen atoms in total. The number of aromatic nitrogens is 3. The molecular weight excluding hydrogens is 164 g/mol. The van der Waals surface area contributed by atoms with Gasteiger partial charge in [0.05, 0.1) is 5.69 Å². The van der Waals surface area contributed by atoms with Crippen LogP contribution in [0.15, 0.2) is 6.20 Å². The van der Waals surface area contributed by atoms with E-state index in [1.807, 2.05) is 13.2 Å². The Morgan fingerprint density at radius 2 is 2.23 bits per heavy atom. The van der Waals surface area contributed by atoms with E-state index in [9.17, 15) is 0 Å². The molecule has 74 valence electrons. The molecule has 1 heterocycles. The highest BCUT2D eigenvalue weighted by atomic mass is 15.4. The van der Waals surface area contributed by atoms with Crippen LogP contribution in [0.3, 0.4) is 0 Å². The number of nitrogens with zero attached hydrogens (tertiary/aromatic N) is 3. The zero-order valence-corrected chi connectivity index (χ0v) is 8.57. The van der Waals surface area contributed by atoms with Gasteiger partial charge in [0, 0.05) is 19.3 Å². The van der Waals surface area contributed by atoms with E-state index < -0.39 is 0 Å². The van der Waals surface area contributed by atoms with Gasteiger partial charge < -0.3 is 5.73 Å². The predicted octanol–water partition coefficient (Wildman–Crippen LogP) is 0.731. The minimum absolute atomic E-state index is 0.266. The second-order valence-corrected chi connectivity index (χ2v) is 3.83. The Labute approximate surface area is 79.1 Å². The quantitative estimate of drug-likeness (QED) is 0.747. The lowest BCUT2D eigenvalue weighted by Gasteiger charge is -2.13. The number of hydrogen-bond donors (Lipinski definition) is 1. The molecule has 0 fully saturated rings. The molecule has 0 spiro atoms. The number of hydrogen-bond acceptors (Lipinski definition) is 3. The fourth-order valence-corrected chi connectivity index (χ4v) is 1.16. The van der Waals surface area contributed by atoms with Crippen LogP contribution >= 0.6 is 0 Å². The summed E-state index contributed by atoms with van der Waals surface area (Å²) in [6.45, 7) is 4.28. The highest BCUT2D eigenvalue weighted by Gasteiger charge is 2.08. The van der Waals surface area contributed by atoms with Gasteiger partial charge in [0.25, 0.3) is 0 Å². The molecule has 0 bridgehead atoms. The Kier molecular flexibility index (Phi) is 3.42. The third-order valence-electron chi connectivity index (χ3n) is 2.24. The Morgan fingerprint density at radius 3 is 2.69 bits per heavy atom. The van der Waals surface area contributed by atoms with E-state index in [2.05, 4.69) is 24.2 Å². The van der Waals surface area contributed by atoms with Crippen molar-refractivity contribution in [3.8, 4) is 0 Å². The standard InChI is InChI=1S/C9H18N4/c1-7(2)9(10)5-4-8-6-13(3)12-11-8/h6-7,9H,4-5,10H2,1-3H3. The summed E-state index contributed by atoms with van der Waals surface area (Å²) >= 11 is 0. The van der Waals surface area contributed by atoms with Crippen molar-refractivity contribution in [2.75, 3.05) is 0 Å². The summed E-state index contributed by atoms with van der Waals surface area (Å²) in [5.74, 6) is 0.539. The van der Waals surface area contributed by atoms with Crippen LogP contribution in [0.5, 0.6) is 0 Å². The summed E-state index contributed by atoms with van der Waals surface area (Å²) in [7, 11) is 1.87. The molecule has 4 heteroatoms. The third kappa shape index (κ3) is 3.14. The van der Waals surface area contributed by atoms with E-state index in [0.29, 0.717) is 5.92 Å². The second kappa shape index (κ2) is 4.37. The molecule has 0 saturated carbocycles. The van der Waals surface area contributed by atoms with Crippen LogP contribution in [0.25, 0.3) is 0 Å². The minimum atomic E-state index is 0.266. The van der Waals surface area contributed by atoms with Crippen molar-refractivity contribution in [3.05, 3.63) is 11.9 Å². The Hall–Kier alpha value is -0.900. The summed E-state index contributed by atoms with van der Waals surface area (Å²) < 4.78 is 1.72. The van der Waals surface area contributed by atoms with Crippen molar-refractivity contribution in [3.63, 3.8) is 0 Å². The zero-order valence-electron chi connectivity index (χ0n) is 8.57. The van der Waals surface area contributed by atoms with Crippen molar-refractivity contribution >= 4 is 0 Å². The molecule has 0 aliphatic rings. The highest BCUT2D eigenvalue weighted by Crippen LogP contribution is 2.06. The summed E-state index contributed by atoms with van der Waals surface area (Å²) in [5.41, 5.74) is 6.94. The van der Waals surface area contributed by atoms with E-state index in [-0.39, 0.29) is 6.04 Å². The van der Waals surface area contributed by atoms with Crippen LogP contribution in [-0.4, -0.2) is 21.0 Å². The zero-order chi connectivity index (χ0) is 9.84. The van der Waals surface area contributed by atoms with Crippen LogP contribution in [0.2, 0.25) is 0 Å². The Morgan fingerprint density at radius 1 is 1.54 bits per heavy atom. The summed E-state index contributed by atoms with van der Waals surface area (Å²) in [5, 5.41) is 7.87. The van der Waals surface area contributed by atoms with E-state index in [0.717, 1.165) is 18.5 Å². The number of rotatable bonds is 4. The first-order chi connectivity index (χ1) is 6.09. The monoisotopic (exact) mass is 182 g/mol. The van der Waals surface area contributed by atoms with Crippen molar-refractivity contribution in [1.82, 2.24) is 15.0 Å². The van der Waals surface area contributed by atoms with Crippen molar-refractivity contribution in [2.24, 2.45) is 18.7 Å². The van der Waals surface area contributed by atoms with E-state index in [1.54, 1.807) is 4.68 Å². The van der Waals surface area contributed by atoms with Crippen LogP contribution in [-0.2, 0) is 13.5 Å². The van der Waals surface area contributed by atoms with Crippen LogP contribution in [0, 0.1) is 5.92 Å². The maximum absolute atomic E-state index is 5.92. The second-order valence-electron chi connectivity index (χ2n) is 3.83. The van der Waals surface area contributed by atoms with Gasteiger partial charge in [-0.25, -0.2) is 0 Å². The molecule has 2 N–H and O–H groups in total. The lowest BCUT2D eigenvalue weighted by molar-refractivity contribution is 0.462. The molecule has 1 aromatic rings. The lowest BCUT2D eigenvalue weighted by Crippen LogP contribution is -2.26. The van der Waals surface area contributed by atoms with Gasteiger partial charge in [-0.05, 0) is 18.8 Å². The Bertz CT molecular complexity index is 254. The fraction of sp³-hybridized carbons (Fsp3) is 0.778. The number of aryl methyl sites for hydroxylation is 2. The number of nitrogens with two attached hydrogens (primary N) is 1. The van der Waals surface area contributed by atoms with Crippen molar-refractivity contribution in [1.29, 1.82) is 0 Å². The van der Waals surface area contributed by atoms with Crippen LogP contribution in [0.1, 0.15) is 26.0 Å². The van der Waals surface area contributed by atoms with E-state index >= 15 is 0 Å². The average Bonchev–Trinajstić information content (AvgIpc) is 2.47. The fourth-order valence-electron chi connectivity index (χ4n) is 1.16. The van der Waals surface area contributed by atoms with Gasteiger partial charge in [-0.2, -0.15) is 0 Å². The Balaban J connectivity index is 2.35. The van der Waals surface area contributed by atoms with Gasteiger partial charge >= 0.3 is 0 Å². The van der Waals surface area contributed by atoms with Gasteiger partial charge in [-0.1, -0.05) is 19.1 Å². The molecule has 0 saturated heterocycles. The largest absolute Gasteiger partial charge is 0.327 e. The van der Waals surface area contributed by atoms with Gasteiger partial charge in [0.1, 0.15) is 0 Å². The maximum Gasteiger partial charge on any atom is 0.0827 e. The SMILES string of the molecule is CC(C)C(N)CCc1cn(C)nn1. The van der Waals surface area contributed by atoms with Crippen molar-refractivity contribution < 1.29 is 0 Å². The maximum atomic E-state index is 5.92. The molecule has 0 radical (unpaired) electrons. The highest BCUT2D eigenvalue weighted by molar-refractivity contribution is 4.92. The molecular formula is C9H18N4. The molecule has 13 heavy (non-hydrogen) atoms. The minimum Gasteiger partial charge on any atom is -0.327 e. The van der Waals surface area contributed by atoms with Crippen LogP contribution < -0.4 is 5.73 Å². The molecule has 1 aromatic heterocycles. The van der Waals surface area contributed by atoms with E-state index in [4.69, 9.17) is 5.73 Å². The summed E-state index contributed by atoms with van der Waals surface area (Å²) in [4.78, 5) is 0. The van der Waals surface area contributed by atoms with Gasteiger partial charge in [0.15, 0.2) is 0 Å². The molecule has 1 atom stereocenters. The third-order valence-corrected chi connectivity index (χ3v) is 2.24.